The van der Waals surface area contributed by atoms with Crippen LogP contribution in [0, 0.1) is 11.8 Å². The monoisotopic (exact) mass is 493 g/mol. The van der Waals surface area contributed by atoms with E-state index in [0.717, 1.165) is 5.56 Å². The number of alkyl halides is 1. The molecule has 3 amide bonds. The Labute approximate surface area is 189 Å². The fourth-order valence-corrected chi connectivity index (χ4v) is 6.36. The zero-order valence-electron chi connectivity index (χ0n) is 17.4. The van der Waals surface area contributed by atoms with Crippen LogP contribution in [0.5, 0.6) is 0 Å². The summed E-state index contributed by atoms with van der Waals surface area (Å²) in [6.07, 6.45) is 1.14. The van der Waals surface area contributed by atoms with Crippen LogP contribution in [-0.2, 0) is 25.7 Å². The van der Waals surface area contributed by atoms with E-state index in [9.17, 15) is 19.5 Å². The fourth-order valence-electron chi connectivity index (χ4n) is 5.41. The third kappa shape index (κ3) is 3.66. The van der Waals surface area contributed by atoms with Crippen molar-refractivity contribution in [2.75, 3.05) is 20.2 Å². The third-order valence-corrected chi connectivity index (χ3v) is 7.55. The molecule has 8 nitrogen and oxygen atoms in total. The Hall–Kier alpha value is -1.97. The lowest BCUT2D eigenvalue weighted by Crippen LogP contribution is -2.55. The minimum absolute atomic E-state index is 0.0182. The summed E-state index contributed by atoms with van der Waals surface area (Å²) in [5, 5.41) is 14.8. The van der Waals surface area contributed by atoms with Gasteiger partial charge in [-0.3, -0.25) is 14.4 Å². The summed E-state index contributed by atoms with van der Waals surface area (Å²) in [6.45, 7) is 0.697. The summed E-state index contributed by atoms with van der Waals surface area (Å²) in [5.74, 6) is -2.05. The summed E-state index contributed by atoms with van der Waals surface area (Å²) in [7, 11) is 1.55. The van der Waals surface area contributed by atoms with Gasteiger partial charge in [-0.25, -0.2) is 0 Å². The van der Waals surface area contributed by atoms with E-state index in [1.54, 1.807) is 11.9 Å². The standard InChI is InChI=1S/C22H28BrN3O5/c1-24-19(28)15-16-21(30)26(9-5-6-10-27)18(22(16)11-14(23)17(15)31-22)20(29)25-12-13-7-3-2-4-8-13/h2-4,7-8,14-18,27H,5-6,9-12H2,1H3,(H,24,28)(H,25,29)/t14?,15-,16-,17-,18?,22?/m0/s1. The van der Waals surface area contributed by atoms with Crippen LogP contribution in [0.15, 0.2) is 30.3 Å². The van der Waals surface area contributed by atoms with Gasteiger partial charge >= 0.3 is 0 Å². The predicted octanol–water partition coefficient (Wildman–Crippen LogP) is 0.569. The van der Waals surface area contributed by atoms with Crippen LogP contribution >= 0.6 is 15.9 Å². The van der Waals surface area contributed by atoms with Crippen LogP contribution in [0.3, 0.4) is 0 Å². The van der Waals surface area contributed by atoms with Gasteiger partial charge in [0.15, 0.2) is 0 Å². The molecule has 1 aromatic carbocycles. The molecule has 0 aliphatic carbocycles. The van der Waals surface area contributed by atoms with Crippen molar-refractivity contribution in [3.8, 4) is 0 Å². The number of likely N-dealkylation sites (tertiary alicyclic amines) is 1. The molecular weight excluding hydrogens is 466 g/mol. The van der Waals surface area contributed by atoms with Gasteiger partial charge in [0.05, 0.1) is 17.9 Å². The molecule has 1 aromatic rings. The Bertz CT molecular complexity index is 853. The molecule has 3 aliphatic rings. The largest absolute Gasteiger partial charge is 0.396 e. The lowest BCUT2D eigenvalue weighted by molar-refractivity contribution is -0.142. The number of nitrogens with one attached hydrogen (secondary N) is 2. The van der Waals surface area contributed by atoms with Crippen molar-refractivity contribution in [2.45, 2.75) is 48.4 Å². The highest BCUT2D eigenvalue weighted by Gasteiger charge is 2.76. The summed E-state index contributed by atoms with van der Waals surface area (Å²) in [5.41, 5.74) is -0.0770. The maximum Gasteiger partial charge on any atom is 0.246 e. The van der Waals surface area contributed by atoms with Crippen molar-refractivity contribution in [1.82, 2.24) is 15.5 Å². The minimum atomic E-state index is -1.03. The number of hydrogen-bond acceptors (Lipinski definition) is 5. The number of ether oxygens (including phenoxy) is 1. The number of hydrogen-bond donors (Lipinski definition) is 3. The maximum atomic E-state index is 13.5. The van der Waals surface area contributed by atoms with Crippen molar-refractivity contribution in [1.29, 1.82) is 0 Å². The van der Waals surface area contributed by atoms with E-state index in [1.807, 2.05) is 30.3 Å². The molecule has 0 radical (unpaired) electrons. The highest BCUT2D eigenvalue weighted by atomic mass is 79.9. The molecule has 3 fully saturated rings. The van der Waals surface area contributed by atoms with E-state index in [2.05, 4.69) is 26.6 Å². The number of benzene rings is 1. The van der Waals surface area contributed by atoms with Crippen LogP contribution in [0.25, 0.3) is 0 Å². The Morgan fingerprint density at radius 1 is 1.26 bits per heavy atom. The highest BCUT2D eigenvalue weighted by Crippen LogP contribution is 2.59. The van der Waals surface area contributed by atoms with Crippen LogP contribution in [0.4, 0.5) is 0 Å². The molecule has 6 atom stereocenters. The average Bonchev–Trinajstić information content (AvgIpc) is 3.36. The van der Waals surface area contributed by atoms with E-state index in [1.165, 1.54) is 0 Å². The molecule has 4 rings (SSSR count). The number of carbonyl (C=O) groups is 3. The maximum absolute atomic E-state index is 13.5. The quantitative estimate of drug-likeness (QED) is 0.362. The Morgan fingerprint density at radius 2 is 2.00 bits per heavy atom. The van der Waals surface area contributed by atoms with Gasteiger partial charge in [-0.2, -0.15) is 0 Å². The van der Waals surface area contributed by atoms with Gasteiger partial charge in [0.2, 0.25) is 17.7 Å². The van der Waals surface area contributed by atoms with Crippen LogP contribution < -0.4 is 10.6 Å². The van der Waals surface area contributed by atoms with E-state index >= 15 is 0 Å². The molecule has 9 heteroatoms. The number of nitrogens with zero attached hydrogens (tertiary/aromatic N) is 1. The summed E-state index contributed by atoms with van der Waals surface area (Å²) < 4.78 is 6.34. The van der Waals surface area contributed by atoms with Gasteiger partial charge in [-0.15, -0.1) is 0 Å². The van der Waals surface area contributed by atoms with E-state index in [-0.39, 0.29) is 29.2 Å². The number of unbranched alkanes of at least 4 members (excludes halogenated alkanes) is 1. The molecule has 168 valence electrons. The molecule has 0 aromatic heterocycles. The van der Waals surface area contributed by atoms with Crippen molar-refractivity contribution < 1.29 is 24.2 Å². The molecule has 3 N–H and O–H groups in total. The number of aliphatic hydroxyl groups excluding tert-OH is 1. The lowest BCUT2D eigenvalue weighted by atomic mass is 9.70. The normalized spacial score (nSPS) is 33.5. The van der Waals surface area contributed by atoms with Crippen molar-refractivity contribution in [3.63, 3.8) is 0 Å². The second kappa shape index (κ2) is 8.88. The smallest absolute Gasteiger partial charge is 0.246 e. The SMILES string of the molecule is CNC(=O)[C@H]1[C@H]2C(=O)N(CCCCO)C(C(=O)NCc3ccccc3)C23CC(Br)[C@@H]1O3. The molecular formula is C22H28BrN3O5. The van der Waals surface area contributed by atoms with Gasteiger partial charge in [-0.1, -0.05) is 46.3 Å². The Balaban J connectivity index is 1.64. The molecule has 3 saturated heterocycles. The predicted molar refractivity (Wildman–Crippen MR) is 116 cm³/mol. The van der Waals surface area contributed by atoms with Crippen molar-refractivity contribution in [2.24, 2.45) is 11.8 Å². The number of fused-ring (bicyclic) bond motifs is 1. The Kier molecular flexibility index (Phi) is 6.37. The van der Waals surface area contributed by atoms with Gasteiger partial charge in [0.25, 0.3) is 0 Å². The van der Waals surface area contributed by atoms with Gasteiger partial charge in [0, 0.05) is 31.6 Å². The molecule has 31 heavy (non-hydrogen) atoms. The van der Waals surface area contributed by atoms with Crippen LogP contribution in [0.1, 0.15) is 24.8 Å². The van der Waals surface area contributed by atoms with E-state index in [0.29, 0.717) is 32.4 Å². The number of amides is 3. The van der Waals surface area contributed by atoms with Crippen LogP contribution in [0.2, 0.25) is 0 Å². The van der Waals surface area contributed by atoms with Gasteiger partial charge in [0.1, 0.15) is 11.6 Å². The Morgan fingerprint density at radius 3 is 2.68 bits per heavy atom. The topological polar surface area (TPSA) is 108 Å². The molecule has 3 aliphatic heterocycles. The molecule has 3 heterocycles. The van der Waals surface area contributed by atoms with Crippen molar-refractivity contribution in [3.05, 3.63) is 35.9 Å². The first-order valence-electron chi connectivity index (χ1n) is 10.7. The number of aliphatic hydroxyl groups is 1. The second-order valence-corrected chi connectivity index (χ2v) is 9.62. The highest BCUT2D eigenvalue weighted by molar-refractivity contribution is 9.09. The number of carbonyl (C=O) groups excluding carboxylic acids is 3. The number of halogens is 1. The third-order valence-electron chi connectivity index (χ3n) is 6.70. The van der Waals surface area contributed by atoms with Gasteiger partial charge < -0.3 is 25.4 Å². The first-order chi connectivity index (χ1) is 14.9. The summed E-state index contributed by atoms with van der Waals surface area (Å²) in [6, 6.07) is 8.76. The zero-order chi connectivity index (χ0) is 22.2. The second-order valence-electron chi connectivity index (χ2n) is 8.44. The first-order valence-corrected chi connectivity index (χ1v) is 11.6. The summed E-state index contributed by atoms with van der Waals surface area (Å²) in [4.78, 5) is 41.1. The lowest BCUT2D eigenvalue weighted by Gasteiger charge is -2.34. The van der Waals surface area contributed by atoms with E-state index in [4.69, 9.17) is 4.74 Å². The average molecular weight is 494 g/mol. The molecule has 0 saturated carbocycles. The summed E-state index contributed by atoms with van der Waals surface area (Å²) >= 11 is 3.62. The van der Waals surface area contributed by atoms with Gasteiger partial charge in [-0.05, 0) is 24.8 Å². The first kappa shape index (κ1) is 22.2. The zero-order valence-corrected chi connectivity index (χ0v) is 19.0. The van der Waals surface area contributed by atoms with E-state index < -0.39 is 29.6 Å². The van der Waals surface area contributed by atoms with Crippen molar-refractivity contribution >= 4 is 33.7 Å². The van der Waals surface area contributed by atoms with Crippen LogP contribution in [-0.4, -0.2) is 70.5 Å². The minimum Gasteiger partial charge on any atom is -0.396 e. The fraction of sp³-hybridized carbons (Fsp3) is 0.591. The molecule has 1 spiro atoms. The number of rotatable bonds is 8. The molecule has 2 bridgehead atoms. The molecule has 3 unspecified atom stereocenters.